The lowest BCUT2D eigenvalue weighted by molar-refractivity contribution is 0.0720. The van der Waals surface area contributed by atoms with Gasteiger partial charge in [-0.3, -0.25) is 0 Å². The van der Waals surface area contributed by atoms with Crippen molar-refractivity contribution in [2.75, 3.05) is 7.11 Å². The molecule has 0 saturated carbocycles. The molecule has 0 saturated heterocycles. The van der Waals surface area contributed by atoms with Crippen LogP contribution in [0.25, 0.3) is 0 Å². The van der Waals surface area contributed by atoms with Crippen molar-refractivity contribution >= 4 is 0 Å². The summed E-state index contributed by atoms with van der Waals surface area (Å²) in [4.78, 5) is 0. The molecule has 0 spiro atoms. The Morgan fingerprint density at radius 2 is 1.79 bits per heavy atom. The topological polar surface area (TPSA) is 29.5 Å². The minimum atomic E-state index is -1.35. The summed E-state index contributed by atoms with van der Waals surface area (Å²) < 4.78 is 19.3. The van der Waals surface area contributed by atoms with Crippen LogP contribution in [0.15, 0.2) is 48.5 Å². The Morgan fingerprint density at radius 3 is 2.37 bits per heavy atom. The molecule has 19 heavy (non-hydrogen) atoms. The molecular formula is C16H17FO2. The van der Waals surface area contributed by atoms with E-state index in [0.717, 1.165) is 0 Å². The summed E-state index contributed by atoms with van der Waals surface area (Å²) >= 11 is 0. The van der Waals surface area contributed by atoms with Crippen LogP contribution in [0.1, 0.15) is 24.5 Å². The van der Waals surface area contributed by atoms with Gasteiger partial charge in [-0.05, 0) is 18.1 Å². The largest absolute Gasteiger partial charge is 0.494 e. The highest BCUT2D eigenvalue weighted by Gasteiger charge is 2.33. The molecule has 1 atom stereocenters. The van der Waals surface area contributed by atoms with Gasteiger partial charge in [-0.25, -0.2) is 4.39 Å². The van der Waals surface area contributed by atoms with Crippen LogP contribution >= 0.6 is 0 Å². The molecule has 2 rings (SSSR count). The van der Waals surface area contributed by atoms with E-state index in [1.54, 1.807) is 30.3 Å². The van der Waals surface area contributed by atoms with Gasteiger partial charge in [0, 0.05) is 5.56 Å². The van der Waals surface area contributed by atoms with Gasteiger partial charge in [0.15, 0.2) is 11.6 Å². The zero-order chi connectivity index (χ0) is 13.9. The van der Waals surface area contributed by atoms with Crippen molar-refractivity contribution < 1.29 is 14.2 Å². The predicted molar refractivity (Wildman–Crippen MR) is 72.7 cm³/mol. The van der Waals surface area contributed by atoms with Crippen LogP contribution in [0.4, 0.5) is 4.39 Å². The van der Waals surface area contributed by atoms with Crippen molar-refractivity contribution in [3.63, 3.8) is 0 Å². The van der Waals surface area contributed by atoms with Crippen molar-refractivity contribution in [1.82, 2.24) is 0 Å². The summed E-state index contributed by atoms with van der Waals surface area (Å²) in [7, 11) is 1.41. The van der Waals surface area contributed by atoms with Gasteiger partial charge in [-0.15, -0.1) is 0 Å². The van der Waals surface area contributed by atoms with Crippen LogP contribution in [0.3, 0.4) is 0 Å². The lowest BCUT2D eigenvalue weighted by Gasteiger charge is -2.28. The number of hydrogen-bond donors (Lipinski definition) is 1. The Hall–Kier alpha value is -1.87. The van der Waals surface area contributed by atoms with Crippen LogP contribution in [-0.4, -0.2) is 12.2 Å². The Labute approximate surface area is 112 Å². The molecule has 2 nitrogen and oxygen atoms in total. The van der Waals surface area contributed by atoms with Gasteiger partial charge in [-0.1, -0.05) is 49.4 Å². The second-order valence-electron chi connectivity index (χ2n) is 4.40. The van der Waals surface area contributed by atoms with E-state index in [9.17, 15) is 9.50 Å². The number of ether oxygens (including phenoxy) is 1. The van der Waals surface area contributed by atoms with Crippen molar-refractivity contribution in [3.05, 3.63) is 65.5 Å². The summed E-state index contributed by atoms with van der Waals surface area (Å²) in [5, 5.41) is 10.9. The predicted octanol–water partition coefficient (Wildman–Crippen LogP) is 3.48. The van der Waals surface area contributed by atoms with Crippen molar-refractivity contribution in [2.24, 2.45) is 0 Å². The molecule has 2 aromatic rings. The summed E-state index contributed by atoms with van der Waals surface area (Å²) in [6.45, 7) is 1.83. The smallest absolute Gasteiger partial charge is 0.171 e. The Bertz CT molecular complexity index is 554. The number of methoxy groups -OCH3 is 1. The normalized spacial score (nSPS) is 13.9. The third-order valence-corrected chi connectivity index (χ3v) is 3.39. The van der Waals surface area contributed by atoms with E-state index in [1.807, 2.05) is 25.1 Å². The highest BCUT2D eigenvalue weighted by atomic mass is 19.1. The summed E-state index contributed by atoms with van der Waals surface area (Å²) in [5.74, 6) is -0.376. The van der Waals surface area contributed by atoms with Crippen LogP contribution in [0.2, 0.25) is 0 Å². The molecule has 0 aliphatic carbocycles. The maximum absolute atomic E-state index is 14.4. The molecule has 0 amide bonds. The number of benzene rings is 2. The number of rotatable bonds is 4. The Kier molecular flexibility index (Phi) is 3.86. The van der Waals surface area contributed by atoms with Gasteiger partial charge in [-0.2, -0.15) is 0 Å². The maximum atomic E-state index is 14.4. The minimum absolute atomic E-state index is 0.139. The van der Waals surface area contributed by atoms with Crippen LogP contribution in [0, 0.1) is 5.82 Å². The zero-order valence-electron chi connectivity index (χ0n) is 11.1. The molecule has 0 aliphatic heterocycles. The monoisotopic (exact) mass is 260 g/mol. The highest BCUT2D eigenvalue weighted by Crippen LogP contribution is 2.36. The van der Waals surface area contributed by atoms with E-state index in [-0.39, 0.29) is 11.3 Å². The molecular weight excluding hydrogens is 243 g/mol. The van der Waals surface area contributed by atoms with Crippen LogP contribution in [-0.2, 0) is 5.60 Å². The van der Waals surface area contributed by atoms with Gasteiger partial charge in [0.1, 0.15) is 5.60 Å². The molecule has 0 fully saturated rings. The molecule has 0 radical (unpaired) electrons. The zero-order valence-corrected chi connectivity index (χ0v) is 11.1. The molecule has 1 unspecified atom stereocenters. The fourth-order valence-corrected chi connectivity index (χ4v) is 2.25. The lowest BCUT2D eigenvalue weighted by atomic mass is 9.84. The minimum Gasteiger partial charge on any atom is -0.494 e. The average Bonchev–Trinajstić information content (AvgIpc) is 2.47. The first kappa shape index (κ1) is 13.6. The fourth-order valence-electron chi connectivity index (χ4n) is 2.25. The highest BCUT2D eigenvalue weighted by molar-refractivity contribution is 5.41. The van der Waals surface area contributed by atoms with Crippen molar-refractivity contribution in [3.8, 4) is 5.75 Å². The third-order valence-electron chi connectivity index (χ3n) is 3.39. The van der Waals surface area contributed by atoms with Crippen molar-refractivity contribution in [2.45, 2.75) is 18.9 Å². The van der Waals surface area contributed by atoms with E-state index in [1.165, 1.54) is 7.11 Å². The summed E-state index contributed by atoms with van der Waals surface area (Å²) in [5.41, 5.74) is -0.440. The molecule has 0 heterocycles. The second-order valence-corrected chi connectivity index (χ2v) is 4.40. The molecule has 0 aliphatic rings. The Morgan fingerprint density at radius 1 is 1.11 bits per heavy atom. The molecule has 0 aromatic heterocycles. The molecule has 3 heteroatoms. The lowest BCUT2D eigenvalue weighted by Crippen LogP contribution is -2.27. The maximum Gasteiger partial charge on any atom is 0.171 e. The first-order valence-corrected chi connectivity index (χ1v) is 6.24. The SMILES string of the molecule is CCC(O)(c1ccccc1)c1cccc(OC)c1F. The van der Waals surface area contributed by atoms with Gasteiger partial charge in [0.25, 0.3) is 0 Å². The molecule has 1 N–H and O–H groups in total. The van der Waals surface area contributed by atoms with Crippen LogP contribution in [0.5, 0.6) is 5.75 Å². The number of hydrogen-bond acceptors (Lipinski definition) is 2. The van der Waals surface area contributed by atoms with Gasteiger partial charge >= 0.3 is 0 Å². The first-order valence-electron chi connectivity index (χ1n) is 6.24. The Balaban J connectivity index is 2.60. The van der Waals surface area contributed by atoms with Gasteiger partial charge in [0.2, 0.25) is 0 Å². The first-order chi connectivity index (χ1) is 9.13. The third kappa shape index (κ3) is 2.34. The number of aliphatic hydroxyl groups is 1. The fraction of sp³-hybridized carbons (Fsp3) is 0.250. The summed E-state index contributed by atoms with van der Waals surface area (Å²) in [6, 6.07) is 13.9. The number of halogens is 1. The second kappa shape index (κ2) is 5.41. The average molecular weight is 260 g/mol. The van der Waals surface area contributed by atoms with E-state index >= 15 is 0 Å². The van der Waals surface area contributed by atoms with E-state index in [0.29, 0.717) is 12.0 Å². The van der Waals surface area contributed by atoms with Crippen LogP contribution < -0.4 is 4.74 Å². The summed E-state index contributed by atoms with van der Waals surface area (Å²) in [6.07, 6.45) is 0.376. The van der Waals surface area contributed by atoms with E-state index in [2.05, 4.69) is 0 Å². The van der Waals surface area contributed by atoms with Gasteiger partial charge in [0.05, 0.1) is 7.11 Å². The quantitative estimate of drug-likeness (QED) is 0.912. The van der Waals surface area contributed by atoms with Crippen molar-refractivity contribution in [1.29, 1.82) is 0 Å². The van der Waals surface area contributed by atoms with Gasteiger partial charge < -0.3 is 9.84 Å². The van der Waals surface area contributed by atoms with E-state index < -0.39 is 11.4 Å². The molecule has 100 valence electrons. The van der Waals surface area contributed by atoms with E-state index in [4.69, 9.17) is 4.74 Å². The standard InChI is InChI=1S/C16H17FO2/c1-3-16(18,12-8-5-4-6-9-12)13-10-7-11-14(19-2)15(13)17/h4-11,18H,3H2,1-2H3. The molecule has 2 aromatic carbocycles. The molecule has 0 bridgehead atoms.